The molecule has 8 heteroatoms. The Labute approximate surface area is 237 Å². The number of rotatable bonds is 11. The van der Waals surface area contributed by atoms with Crippen molar-refractivity contribution in [2.24, 2.45) is 5.92 Å². The summed E-state index contributed by atoms with van der Waals surface area (Å²) in [6.07, 6.45) is 1.77. The van der Waals surface area contributed by atoms with E-state index in [0.717, 1.165) is 33.6 Å². The summed E-state index contributed by atoms with van der Waals surface area (Å²) in [4.78, 5) is 33.9. The van der Waals surface area contributed by atoms with Gasteiger partial charge in [-0.05, 0) is 82.0 Å². The lowest BCUT2D eigenvalue weighted by molar-refractivity contribution is -0.135. The van der Waals surface area contributed by atoms with Crippen molar-refractivity contribution in [3.63, 3.8) is 0 Å². The number of nitrogens with one attached hydrogen (secondary N) is 1. The van der Waals surface area contributed by atoms with Crippen molar-refractivity contribution in [3.05, 3.63) is 71.7 Å². The molecule has 40 heavy (non-hydrogen) atoms. The van der Waals surface area contributed by atoms with Gasteiger partial charge < -0.3 is 15.0 Å². The molecule has 0 saturated carbocycles. The topological polar surface area (TPSA) is 93.1 Å². The van der Waals surface area contributed by atoms with Crippen LogP contribution >= 0.6 is 0 Å². The minimum absolute atomic E-state index is 0.121. The molecule has 4 aromatic rings. The van der Waals surface area contributed by atoms with Gasteiger partial charge in [0.05, 0.1) is 22.2 Å². The first-order chi connectivity index (χ1) is 19.1. The number of carbonyl (C=O) groups excluding carboxylic acids is 1. The Morgan fingerprint density at radius 1 is 1.00 bits per heavy atom. The highest BCUT2D eigenvalue weighted by atomic mass is 16.5. The van der Waals surface area contributed by atoms with Crippen molar-refractivity contribution in [2.45, 2.75) is 60.5 Å². The quantitative estimate of drug-likeness (QED) is 0.233. The second-order valence-electron chi connectivity index (χ2n) is 10.9. The summed E-state index contributed by atoms with van der Waals surface area (Å²) >= 11 is 0. The Bertz CT molecular complexity index is 1460. The predicted octanol–water partition coefficient (Wildman–Crippen LogP) is 6.46. The molecule has 1 amide bonds. The van der Waals surface area contributed by atoms with Crippen molar-refractivity contribution < 1.29 is 9.53 Å². The van der Waals surface area contributed by atoms with Crippen molar-refractivity contribution in [3.8, 4) is 11.4 Å². The number of carbonyl (C=O) groups is 1. The molecule has 0 aliphatic rings. The van der Waals surface area contributed by atoms with E-state index in [1.54, 1.807) is 6.20 Å². The summed E-state index contributed by atoms with van der Waals surface area (Å²) in [5.74, 6) is 1.74. The number of hydrogen-bond acceptors (Lipinski definition) is 7. The Hall–Kier alpha value is -3.91. The van der Waals surface area contributed by atoms with Crippen molar-refractivity contribution in [2.75, 3.05) is 25.0 Å². The van der Waals surface area contributed by atoms with Gasteiger partial charge >= 0.3 is 0 Å². The standard InChI is InChI=1S/C32H40N6O2/c1-8-38(9-2)31(39)32(6,7)23-12-14-24(15-13-23)34-29-25-16-17-26(28-22(5)11-10-18-33-28)35-30(25)37-27(36-29)20-40-19-21(3)4/h10-18,21H,8-9,19-20H2,1-7H3,(H,34,35,36,37). The maximum Gasteiger partial charge on any atom is 0.232 e. The molecule has 1 aromatic carbocycles. The minimum Gasteiger partial charge on any atom is -0.373 e. The SMILES string of the molecule is CCN(CC)C(=O)C(C)(C)c1ccc(Nc2nc(COCC(C)C)nc3nc(-c4ncccc4C)ccc23)cc1. The average Bonchev–Trinajstić information content (AvgIpc) is 2.93. The molecule has 4 rings (SSSR count). The van der Waals surface area contributed by atoms with E-state index in [1.807, 2.05) is 88.0 Å². The molecule has 0 unspecified atom stereocenters. The molecule has 0 atom stereocenters. The molecule has 0 radical (unpaired) electrons. The second-order valence-corrected chi connectivity index (χ2v) is 10.9. The van der Waals surface area contributed by atoms with Crippen LogP contribution in [0, 0.1) is 12.8 Å². The maximum absolute atomic E-state index is 13.1. The van der Waals surface area contributed by atoms with Gasteiger partial charge in [0, 0.05) is 31.6 Å². The highest BCUT2D eigenvalue weighted by Gasteiger charge is 2.32. The number of aromatic nitrogens is 4. The molecule has 0 spiro atoms. The lowest BCUT2D eigenvalue weighted by Gasteiger charge is -2.31. The fraction of sp³-hybridized carbons (Fsp3) is 0.406. The molecule has 0 aliphatic heterocycles. The van der Waals surface area contributed by atoms with E-state index in [2.05, 4.69) is 24.1 Å². The van der Waals surface area contributed by atoms with Crippen molar-refractivity contribution >= 4 is 28.4 Å². The third-order valence-corrected chi connectivity index (χ3v) is 7.00. The third kappa shape index (κ3) is 6.45. The van der Waals surface area contributed by atoms with Crippen molar-refractivity contribution in [1.82, 2.24) is 24.8 Å². The summed E-state index contributed by atoms with van der Waals surface area (Å²) in [6.45, 7) is 16.5. The number of fused-ring (bicyclic) bond motifs is 1. The van der Waals surface area contributed by atoms with E-state index in [-0.39, 0.29) is 12.5 Å². The van der Waals surface area contributed by atoms with Crippen LogP contribution in [-0.2, 0) is 21.6 Å². The highest BCUT2D eigenvalue weighted by molar-refractivity contribution is 5.90. The number of nitrogens with zero attached hydrogens (tertiary/aromatic N) is 5. The van der Waals surface area contributed by atoms with Crippen LogP contribution in [0.15, 0.2) is 54.7 Å². The van der Waals surface area contributed by atoms with E-state index in [9.17, 15) is 4.79 Å². The van der Waals surface area contributed by atoms with Crippen LogP contribution in [0.3, 0.4) is 0 Å². The van der Waals surface area contributed by atoms with Gasteiger partial charge in [-0.25, -0.2) is 15.0 Å². The number of ether oxygens (including phenoxy) is 1. The first kappa shape index (κ1) is 29.1. The van der Waals surface area contributed by atoms with E-state index in [4.69, 9.17) is 19.7 Å². The monoisotopic (exact) mass is 540 g/mol. The number of likely N-dealkylation sites (N-methyl/N-ethyl adjacent to an activating group) is 1. The molecule has 3 aromatic heterocycles. The summed E-state index contributed by atoms with van der Waals surface area (Å²) in [6, 6.07) is 15.8. The second kappa shape index (κ2) is 12.5. The van der Waals surface area contributed by atoms with Crippen LogP contribution in [-0.4, -0.2) is 50.4 Å². The van der Waals surface area contributed by atoms with Crippen LogP contribution in [0.1, 0.15) is 58.5 Å². The fourth-order valence-electron chi connectivity index (χ4n) is 4.62. The predicted molar refractivity (Wildman–Crippen MR) is 160 cm³/mol. The molecule has 0 aliphatic carbocycles. The van der Waals surface area contributed by atoms with Crippen molar-refractivity contribution in [1.29, 1.82) is 0 Å². The number of hydrogen-bond donors (Lipinski definition) is 1. The van der Waals surface area contributed by atoms with E-state index >= 15 is 0 Å². The normalized spacial score (nSPS) is 11.7. The van der Waals surface area contributed by atoms with E-state index in [0.29, 0.717) is 42.9 Å². The summed E-state index contributed by atoms with van der Waals surface area (Å²) in [5.41, 5.74) is 4.39. The summed E-state index contributed by atoms with van der Waals surface area (Å²) < 4.78 is 5.85. The van der Waals surface area contributed by atoms with Gasteiger partial charge in [0.15, 0.2) is 11.5 Å². The lowest BCUT2D eigenvalue weighted by Crippen LogP contribution is -2.43. The maximum atomic E-state index is 13.1. The molecule has 0 bridgehead atoms. The summed E-state index contributed by atoms with van der Waals surface area (Å²) in [7, 11) is 0. The molecule has 1 N–H and O–H groups in total. The summed E-state index contributed by atoms with van der Waals surface area (Å²) in [5, 5.41) is 4.25. The third-order valence-electron chi connectivity index (χ3n) is 7.00. The Morgan fingerprint density at radius 2 is 1.73 bits per heavy atom. The Morgan fingerprint density at radius 3 is 2.38 bits per heavy atom. The van der Waals surface area contributed by atoms with Gasteiger partial charge in [0.2, 0.25) is 5.91 Å². The van der Waals surface area contributed by atoms with E-state index in [1.165, 1.54) is 0 Å². The van der Waals surface area contributed by atoms with Crippen LogP contribution in [0.25, 0.3) is 22.4 Å². The fourth-order valence-corrected chi connectivity index (χ4v) is 4.62. The smallest absolute Gasteiger partial charge is 0.232 e. The first-order valence-corrected chi connectivity index (χ1v) is 14.0. The van der Waals surface area contributed by atoms with Crippen LogP contribution in [0.4, 0.5) is 11.5 Å². The number of aryl methyl sites for hydroxylation is 1. The van der Waals surface area contributed by atoms with Gasteiger partial charge in [-0.3, -0.25) is 9.78 Å². The van der Waals surface area contributed by atoms with E-state index < -0.39 is 5.41 Å². The number of pyridine rings is 2. The largest absolute Gasteiger partial charge is 0.373 e. The van der Waals surface area contributed by atoms with Gasteiger partial charge in [0.1, 0.15) is 12.4 Å². The zero-order chi connectivity index (χ0) is 28.9. The highest BCUT2D eigenvalue weighted by Crippen LogP contribution is 2.30. The first-order valence-electron chi connectivity index (χ1n) is 14.0. The van der Waals surface area contributed by atoms with Crippen LogP contribution < -0.4 is 5.32 Å². The minimum atomic E-state index is -0.628. The molecular formula is C32H40N6O2. The number of benzene rings is 1. The molecule has 8 nitrogen and oxygen atoms in total. The zero-order valence-corrected chi connectivity index (χ0v) is 24.7. The lowest BCUT2D eigenvalue weighted by atomic mass is 9.83. The van der Waals surface area contributed by atoms with Gasteiger partial charge in [0.25, 0.3) is 0 Å². The molecule has 0 fully saturated rings. The molecular weight excluding hydrogens is 500 g/mol. The van der Waals surface area contributed by atoms with Crippen LogP contribution in [0.5, 0.6) is 0 Å². The molecule has 0 saturated heterocycles. The van der Waals surface area contributed by atoms with Gasteiger partial charge in [-0.1, -0.05) is 32.0 Å². The number of anilines is 2. The van der Waals surface area contributed by atoms with Gasteiger partial charge in [-0.15, -0.1) is 0 Å². The molecule has 210 valence electrons. The number of amides is 1. The average molecular weight is 541 g/mol. The Kier molecular flexibility index (Phi) is 9.10. The Balaban J connectivity index is 1.67. The van der Waals surface area contributed by atoms with Crippen LogP contribution in [0.2, 0.25) is 0 Å². The zero-order valence-electron chi connectivity index (χ0n) is 24.7. The van der Waals surface area contributed by atoms with Gasteiger partial charge in [-0.2, -0.15) is 0 Å². The molecule has 3 heterocycles.